The summed E-state index contributed by atoms with van der Waals surface area (Å²) in [5.41, 5.74) is 1.08. The summed E-state index contributed by atoms with van der Waals surface area (Å²) >= 11 is 0. The minimum atomic E-state index is -0.143. The van der Waals surface area contributed by atoms with Gasteiger partial charge in [-0.2, -0.15) is 0 Å². The molecule has 2 nitrogen and oxygen atoms in total. The van der Waals surface area contributed by atoms with Crippen LogP contribution in [0.5, 0.6) is 0 Å². The highest BCUT2D eigenvalue weighted by atomic mass is 19.1. The number of nitrogens with one attached hydrogen (secondary N) is 1. The first kappa shape index (κ1) is 15.5. The normalized spacial score (nSPS) is 20.5. The third kappa shape index (κ3) is 5.22. The molecule has 2 unspecified atom stereocenters. The van der Waals surface area contributed by atoms with E-state index in [0.717, 1.165) is 31.6 Å². The van der Waals surface area contributed by atoms with Gasteiger partial charge in [-0.1, -0.05) is 26.0 Å². The smallest absolute Gasteiger partial charge is 0.123 e. The predicted molar refractivity (Wildman–Crippen MR) is 80.3 cm³/mol. The standard InChI is InChI=1S/C17H26FNO/c1-13(2)19-12-15(11-17-7-4-8-20-17)9-14-5-3-6-16(18)10-14/h3,5-6,10,13,15,17,19H,4,7-9,11-12H2,1-2H3. The lowest BCUT2D eigenvalue weighted by Crippen LogP contribution is -2.31. The molecular weight excluding hydrogens is 253 g/mol. The summed E-state index contributed by atoms with van der Waals surface area (Å²) in [7, 11) is 0. The zero-order valence-electron chi connectivity index (χ0n) is 12.6. The Kier molecular flexibility index (Phi) is 5.99. The molecule has 0 aromatic heterocycles. The average molecular weight is 279 g/mol. The molecule has 0 amide bonds. The molecule has 1 aliphatic heterocycles. The van der Waals surface area contributed by atoms with Crippen molar-refractivity contribution >= 4 is 0 Å². The Balaban J connectivity index is 1.93. The molecule has 2 rings (SSSR count). The fourth-order valence-corrected chi connectivity index (χ4v) is 2.84. The van der Waals surface area contributed by atoms with E-state index in [1.54, 1.807) is 12.1 Å². The third-order valence-corrected chi connectivity index (χ3v) is 3.85. The van der Waals surface area contributed by atoms with Crippen molar-refractivity contribution in [3.63, 3.8) is 0 Å². The lowest BCUT2D eigenvalue weighted by atomic mass is 9.92. The minimum Gasteiger partial charge on any atom is -0.378 e. The first-order valence-corrected chi connectivity index (χ1v) is 7.73. The van der Waals surface area contributed by atoms with Crippen molar-refractivity contribution < 1.29 is 9.13 Å². The van der Waals surface area contributed by atoms with E-state index < -0.39 is 0 Å². The van der Waals surface area contributed by atoms with E-state index in [1.807, 2.05) is 6.07 Å². The third-order valence-electron chi connectivity index (χ3n) is 3.85. The molecule has 112 valence electrons. The largest absolute Gasteiger partial charge is 0.378 e. The SMILES string of the molecule is CC(C)NCC(Cc1cccc(F)c1)CC1CCCO1. The Labute approximate surface area is 121 Å². The number of hydrogen-bond acceptors (Lipinski definition) is 2. The summed E-state index contributed by atoms with van der Waals surface area (Å²) in [5, 5.41) is 3.51. The maximum Gasteiger partial charge on any atom is 0.123 e. The van der Waals surface area contributed by atoms with Gasteiger partial charge in [0.15, 0.2) is 0 Å². The van der Waals surface area contributed by atoms with Crippen LogP contribution in [0.15, 0.2) is 24.3 Å². The van der Waals surface area contributed by atoms with Crippen LogP contribution in [0.25, 0.3) is 0 Å². The Morgan fingerprint density at radius 3 is 2.90 bits per heavy atom. The number of halogens is 1. The Morgan fingerprint density at radius 1 is 1.40 bits per heavy atom. The summed E-state index contributed by atoms with van der Waals surface area (Å²) < 4.78 is 19.0. The van der Waals surface area contributed by atoms with Gasteiger partial charge in [0.25, 0.3) is 0 Å². The van der Waals surface area contributed by atoms with Crippen LogP contribution in [0.1, 0.15) is 38.7 Å². The highest BCUT2D eigenvalue weighted by Crippen LogP contribution is 2.22. The molecule has 0 spiro atoms. The number of hydrogen-bond donors (Lipinski definition) is 1. The van der Waals surface area contributed by atoms with Gasteiger partial charge in [-0.3, -0.25) is 0 Å². The van der Waals surface area contributed by atoms with Gasteiger partial charge in [0, 0.05) is 12.6 Å². The first-order chi connectivity index (χ1) is 9.63. The molecule has 0 saturated carbocycles. The van der Waals surface area contributed by atoms with Crippen molar-refractivity contribution in [3.05, 3.63) is 35.6 Å². The maximum absolute atomic E-state index is 13.3. The van der Waals surface area contributed by atoms with Gasteiger partial charge in [-0.25, -0.2) is 4.39 Å². The fraction of sp³-hybridized carbons (Fsp3) is 0.647. The van der Waals surface area contributed by atoms with Crippen LogP contribution in [-0.4, -0.2) is 25.3 Å². The average Bonchev–Trinajstić information content (AvgIpc) is 2.89. The molecule has 1 aromatic rings. The van der Waals surface area contributed by atoms with Gasteiger partial charge in [0.2, 0.25) is 0 Å². The second-order valence-electron chi connectivity index (χ2n) is 6.13. The highest BCUT2D eigenvalue weighted by molar-refractivity contribution is 5.17. The lowest BCUT2D eigenvalue weighted by molar-refractivity contribution is 0.0889. The topological polar surface area (TPSA) is 21.3 Å². The summed E-state index contributed by atoms with van der Waals surface area (Å²) in [6, 6.07) is 7.45. The molecule has 0 radical (unpaired) electrons. The molecule has 0 bridgehead atoms. The van der Waals surface area contributed by atoms with Crippen LogP contribution in [0, 0.1) is 11.7 Å². The molecule has 3 heteroatoms. The Bertz CT molecular complexity index is 402. The van der Waals surface area contributed by atoms with E-state index >= 15 is 0 Å². The van der Waals surface area contributed by atoms with Crippen molar-refractivity contribution in [2.75, 3.05) is 13.2 Å². The van der Waals surface area contributed by atoms with E-state index in [1.165, 1.54) is 18.9 Å². The van der Waals surface area contributed by atoms with Crippen LogP contribution in [0.3, 0.4) is 0 Å². The fourth-order valence-electron chi connectivity index (χ4n) is 2.84. The van der Waals surface area contributed by atoms with Crippen molar-refractivity contribution in [1.29, 1.82) is 0 Å². The molecule has 1 fully saturated rings. The Morgan fingerprint density at radius 2 is 2.25 bits per heavy atom. The monoisotopic (exact) mass is 279 g/mol. The second kappa shape index (κ2) is 7.75. The molecule has 0 aliphatic carbocycles. The molecule has 1 aromatic carbocycles. The van der Waals surface area contributed by atoms with Crippen molar-refractivity contribution in [2.45, 2.75) is 51.7 Å². The van der Waals surface area contributed by atoms with Crippen molar-refractivity contribution in [3.8, 4) is 0 Å². The summed E-state index contributed by atoms with van der Waals surface area (Å²) in [5.74, 6) is 0.359. The molecule has 1 aliphatic rings. The minimum absolute atomic E-state index is 0.143. The van der Waals surface area contributed by atoms with E-state index in [2.05, 4.69) is 19.2 Å². The zero-order valence-corrected chi connectivity index (χ0v) is 12.6. The molecule has 1 N–H and O–H groups in total. The predicted octanol–water partition coefficient (Wildman–Crippen LogP) is 3.55. The summed E-state index contributed by atoms with van der Waals surface area (Å²) in [6.07, 6.45) is 4.71. The highest BCUT2D eigenvalue weighted by Gasteiger charge is 2.21. The summed E-state index contributed by atoms with van der Waals surface area (Å²) in [4.78, 5) is 0. The van der Waals surface area contributed by atoms with Crippen LogP contribution >= 0.6 is 0 Å². The molecule has 1 heterocycles. The van der Waals surface area contributed by atoms with Crippen molar-refractivity contribution in [2.24, 2.45) is 5.92 Å². The van der Waals surface area contributed by atoms with Gasteiger partial charge in [0.05, 0.1) is 6.10 Å². The van der Waals surface area contributed by atoms with Crippen LogP contribution in [0.2, 0.25) is 0 Å². The van der Waals surface area contributed by atoms with Gasteiger partial charge in [0.1, 0.15) is 5.82 Å². The van der Waals surface area contributed by atoms with Gasteiger partial charge in [-0.15, -0.1) is 0 Å². The molecular formula is C17H26FNO. The Hall–Kier alpha value is -0.930. The number of benzene rings is 1. The molecule has 1 saturated heterocycles. The van der Waals surface area contributed by atoms with Crippen LogP contribution < -0.4 is 5.32 Å². The van der Waals surface area contributed by atoms with Crippen LogP contribution in [-0.2, 0) is 11.2 Å². The van der Waals surface area contributed by atoms with Gasteiger partial charge >= 0.3 is 0 Å². The number of ether oxygens (including phenoxy) is 1. The molecule has 20 heavy (non-hydrogen) atoms. The zero-order chi connectivity index (χ0) is 14.4. The first-order valence-electron chi connectivity index (χ1n) is 7.73. The lowest BCUT2D eigenvalue weighted by Gasteiger charge is -2.22. The van der Waals surface area contributed by atoms with Gasteiger partial charge in [-0.05, 0) is 55.8 Å². The second-order valence-corrected chi connectivity index (χ2v) is 6.13. The summed E-state index contributed by atoms with van der Waals surface area (Å²) in [6.45, 7) is 6.18. The van der Waals surface area contributed by atoms with Crippen molar-refractivity contribution in [1.82, 2.24) is 5.32 Å². The maximum atomic E-state index is 13.3. The van der Waals surface area contributed by atoms with E-state index in [0.29, 0.717) is 18.1 Å². The molecule has 2 atom stereocenters. The van der Waals surface area contributed by atoms with Gasteiger partial charge < -0.3 is 10.1 Å². The van der Waals surface area contributed by atoms with E-state index in [4.69, 9.17) is 4.74 Å². The van der Waals surface area contributed by atoms with Crippen LogP contribution in [0.4, 0.5) is 4.39 Å². The quantitative estimate of drug-likeness (QED) is 0.824. The van der Waals surface area contributed by atoms with E-state index in [9.17, 15) is 4.39 Å². The number of rotatable bonds is 7. The van der Waals surface area contributed by atoms with E-state index in [-0.39, 0.29) is 5.82 Å².